The van der Waals surface area contributed by atoms with Gasteiger partial charge in [-0.15, -0.1) is 0 Å². The van der Waals surface area contributed by atoms with E-state index >= 15 is 0 Å². The van der Waals surface area contributed by atoms with Gasteiger partial charge in [0.25, 0.3) is 0 Å². The zero-order valence-corrected chi connectivity index (χ0v) is 82.5. The fourth-order valence-corrected chi connectivity index (χ4v) is 12.3. The third-order valence-corrected chi connectivity index (χ3v) is 18.3. The van der Waals surface area contributed by atoms with Gasteiger partial charge in [-0.1, -0.05) is 176 Å². The van der Waals surface area contributed by atoms with Crippen LogP contribution in [0.4, 0.5) is 0 Å². The number of carbonyl (C=O) groups is 1. The number of rotatable bonds is 9. The Balaban J connectivity index is 0.000000733. The summed E-state index contributed by atoms with van der Waals surface area (Å²) in [5.41, 5.74) is 19.4. The van der Waals surface area contributed by atoms with E-state index in [4.69, 9.17) is 33.5 Å². The minimum absolute atomic E-state index is 0. The van der Waals surface area contributed by atoms with Crippen molar-refractivity contribution in [2.24, 2.45) is 5.41 Å². The first kappa shape index (κ1) is 117. The van der Waals surface area contributed by atoms with Crippen LogP contribution in [0.2, 0.25) is 0 Å². The molecule has 1 saturated carbocycles. The van der Waals surface area contributed by atoms with Crippen LogP contribution in [0.3, 0.4) is 0 Å². The van der Waals surface area contributed by atoms with Gasteiger partial charge in [0.15, 0.2) is 0 Å². The smallest absolute Gasteiger partial charge is 0 e. The summed E-state index contributed by atoms with van der Waals surface area (Å²) in [4.78, 5) is 78.8. The number of aromatic nitrogens is 29. The Labute approximate surface area is 834 Å². The second-order valence-corrected chi connectivity index (χ2v) is 30.2. The third-order valence-electron chi connectivity index (χ3n) is 18.3. The molecule has 2 bridgehead atoms. The second kappa shape index (κ2) is 60.8. The number of nitrogens with zero attached hydrogens (tertiary/aromatic N) is 29. The van der Waals surface area contributed by atoms with E-state index in [0.717, 1.165) is 108 Å². The molecule has 0 radical (unpaired) electrons. The fourth-order valence-electron chi connectivity index (χ4n) is 12.3. The first-order chi connectivity index (χ1) is 59.8. The van der Waals surface area contributed by atoms with Gasteiger partial charge in [-0.3, -0.25) is 73.6 Å². The van der Waals surface area contributed by atoms with Gasteiger partial charge in [-0.05, 0) is 174 Å². The molecule has 18 aromatic rings. The van der Waals surface area contributed by atoms with Gasteiger partial charge in [0, 0.05) is 163 Å². The summed E-state index contributed by atoms with van der Waals surface area (Å²) in [7, 11) is 9.75. The molecule has 17 heterocycles. The number of carboxylic acids is 1. The molecule has 0 saturated heterocycles. The summed E-state index contributed by atoms with van der Waals surface area (Å²) in [5, 5.41) is 74.5. The molecule has 2 aliphatic carbocycles. The topological polar surface area (TPSA) is 455 Å². The summed E-state index contributed by atoms with van der Waals surface area (Å²) < 4.78 is 0. The van der Waals surface area contributed by atoms with Crippen molar-refractivity contribution >= 4 is 49.2 Å². The van der Waals surface area contributed by atoms with E-state index in [1.54, 1.807) is 94.1 Å². The minimum atomic E-state index is -0.990. The molecule has 1 fully saturated rings. The standard InChI is InChI=1S/C20H20N3.3C9H8N3.4C8H7N4.C6H5NO2.2CHO.4CH4.2ClH.Os.4Pt/c1-19(2)14-8-10-20(19,3)18-15(14)17(22-23-18)16-13-7-5-4-6-12(13)9-11-21-16;3*1-7-6-9(12-11-7)8-4-2-3-5-10-8;2*1-6-4-7(12-11-6)8-5-9-2-3-10-8;2*1-6-10-8(12-11-6)7-4-2-3-5-9-7;8-6(9)5-3-1-2-4-7-5;2*1-2;;;;;;;;;;;/h4-7,9,11,14H,8,10H2,1-3H3;3*2-6H,1H3;4*2-5H,1H3;1-4H,(H,8,9);2*1H;4*1H4;2*1H;;;;;/q8*-1;;2*-1;;;;;;;+4;;3*+2/p-2. The summed E-state index contributed by atoms with van der Waals surface area (Å²) in [6, 6.07) is 53.2. The Morgan fingerprint density at radius 3 is 1.04 bits per heavy atom. The molecule has 1 aromatic carbocycles. The van der Waals surface area contributed by atoms with Crippen LogP contribution in [-0.4, -0.2) is 130 Å². The van der Waals surface area contributed by atoms with Gasteiger partial charge < -0.3 is 96.0 Å². The maximum atomic E-state index is 10.1. The van der Waals surface area contributed by atoms with Crippen molar-refractivity contribution < 1.29 is 119 Å². The van der Waals surface area contributed by atoms with Crippen LogP contribution in [-0.2, 0) is 114 Å². The van der Waals surface area contributed by atoms with Crippen molar-refractivity contribution in [2.75, 3.05) is 0 Å². The number of pyridine rings is 7. The Bertz CT molecular complexity index is 5360. The van der Waals surface area contributed by atoms with Gasteiger partial charge in [-0.2, -0.15) is 0 Å². The van der Waals surface area contributed by atoms with Crippen molar-refractivity contribution in [1.82, 2.24) is 146 Å². The van der Waals surface area contributed by atoms with Gasteiger partial charge in [0.05, 0.1) is 40.9 Å². The summed E-state index contributed by atoms with van der Waals surface area (Å²) >= 11 is -0.472. The van der Waals surface area contributed by atoms with Crippen molar-refractivity contribution in [3.05, 3.63) is 307 Å². The fraction of sp³-hybridized carbons (Fsp3) is 0.209. The van der Waals surface area contributed by atoms with E-state index in [9.17, 15) is 4.79 Å². The number of hydrogen-bond donors (Lipinski definition) is 1. The van der Waals surface area contributed by atoms with Crippen LogP contribution in [0, 0.1) is 53.9 Å². The molecule has 131 heavy (non-hydrogen) atoms. The molecule has 0 amide bonds. The number of halogens is 2. The van der Waals surface area contributed by atoms with Crippen LogP contribution in [0.15, 0.2) is 250 Å². The SMILES string of the molecule is C.C.C.C.CC12CCC(c3c1n[n-]c3-c1nccc3ccccc13)C2(C)C.Cc1cc(-c2ccccn2)[n-]n1.Cc1cc(-c2ccccn2)[n-]n1.Cc1cc(-c2ccccn2)[n-]n1.Cc1cc(-c2cnccn2)[n-]n1.Cc1cc(-c2cnccn2)[n-]n1.Cc1n[n-]c(-c2ccccn2)n1.Cc1n[n-]c(-c2ccccn2)n1.O=C(O)c1ccccn1.[CH-]=O.[CH-]=O.[Cl][Pt][Cl].[Os+4].[Pt+2].[Pt+2].[Pt]. The molecule has 33 nitrogen and oxygen atoms in total. The molecule has 20 rings (SSSR count). The first-order valence-electron chi connectivity index (χ1n) is 37.2. The van der Waals surface area contributed by atoms with Gasteiger partial charge in [0.2, 0.25) is 0 Å². The van der Waals surface area contributed by atoms with Crippen LogP contribution >= 0.6 is 18.8 Å². The quantitative estimate of drug-likeness (QED) is 0.104. The van der Waals surface area contributed by atoms with E-state index in [1.807, 2.05) is 162 Å². The molecule has 0 aliphatic heterocycles. The van der Waals surface area contributed by atoms with Crippen LogP contribution in [0.25, 0.3) is 102 Å². The second-order valence-electron chi connectivity index (χ2n) is 26.9. The Kier molecular flexibility index (Phi) is 54.3. The monoisotopic (exact) mass is 2700 g/mol. The average molecular weight is 2700 g/mol. The first-order valence-corrected chi connectivity index (χ1v) is 42.9. The van der Waals surface area contributed by atoms with Gasteiger partial charge in [-0.25, -0.2) is 9.78 Å². The molecule has 2 aliphatic rings. The summed E-state index contributed by atoms with van der Waals surface area (Å²) in [6.07, 6.45) is 24.3. The van der Waals surface area contributed by atoms with Crippen molar-refractivity contribution in [1.29, 1.82) is 0 Å². The van der Waals surface area contributed by atoms with Crippen molar-refractivity contribution in [3.63, 3.8) is 0 Å². The Morgan fingerprint density at radius 1 is 0.405 bits per heavy atom. The van der Waals surface area contributed by atoms with Crippen molar-refractivity contribution in [2.45, 2.75) is 123 Å². The number of hydrogen-bond acceptors (Lipinski definition) is 24. The summed E-state index contributed by atoms with van der Waals surface area (Å²) in [6.45, 7) is 26.8. The Morgan fingerprint density at radius 2 is 0.740 bits per heavy atom. The third kappa shape index (κ3) is 34.0. The molecule has 0 spiro atoms. The molecule has 2 unspecified atom stereocenters. The average Bonchev–Trinajstić information content (AvgIpc) is 1.52. The maximum Gasteiger partial charge on any atom is 4.00 e. The van der Waals surface area contributed by atoms with E-state index in [0.29, 0.717) is 29.2 Å². The molecule has 1 N–H and O–H groups in total. The van der Waals surface area contributed by atoms with E-state index in [2.05, 4.69) is 211 Å². The number of aryl methyl sites for hydroxylation is 7. The van der Waals surface area contributed by atoms with E-state index < -0.39 is 22.5 Å². The molecule has 40 heteroatoms. The number of aromatic carboxylic acids is 1. The number of benzene rings is 1. The van der Waals surface area contributed by atoms with E-state index in [-0.39, 0.29) is 129 Å². The molecule has 17 aromatic heterocycles. The number of fused-ring (bicyclic) bond motifs is 6. The van der Waals surface area contributed by atoms with Crippen molar-refractivity contribution in [3.8, 4) is 91.4 Å². The van der Waals surface area contributed by atoms with E-state index in [1.165, 1.54) is 47.1 Å². The van der Waals surface area contributed by atoms with Gasteiger partial charge in [0.1, 0.15) is 5.69 Å². The largest absolute Gasteiger partial charge is 4.00 e. The van der Waals surface area contributed by atoms with Gasteiger partial charge >= 0.3 is 103 Å². The zero-order valence-electron chi connectivity index (χ0n) is 69.3. The zero-order chi connectivity index (χ0) is 87.9. The normalized spacial score (nSPS) is 12.1. The number of carboxylic acid groups (broad SMARTS) is 1. The van der Waals surface area contributed by atoms with Crippen LogP contribution in [0.1, 0.15) is 131 Å². The van der Waals surface area contributed by atoms with Crippen LogP contribution < -0.4 is 40.8 Å². The number of carbonyl (C=O) groups excluding carboxylic acids is 2. The maximum absolute atomic E-state index is 10.1. The predicted octanol–water partition coefficient (Wildman–Crippen LogP) is 16.0. The molecule has 2 atom stereocenters. The molecular formula is C91H95Cl2N29O4OsPt4-2. The molecule has 692 valence electrons. The minimum Gasteiger partial charge on any atom is 0 e. The Hall–Kier alpha value is -12.0. The van der Waals surface area contributed by atoms with Crippen LogP contribution in [0.5, 0.6) is 0 Å². The predicted molar refractivity (Wildman–Crippen MR) is 485 cm³/mol. The summed E-state index contributed by atoms with van der Waals surface area (Å²) in [5.74, 6) is 2.09. The molecular weight excluding hydrogens is 2600 g/mol.